The van der Waals surface area contributed by atoms with Crippen molar-refractivity contribution in [2.75, 3.05) is 13.1 Å². The van der Waals surface area contributed by atoms with Gasteiger partial charge < -0.3 is 10.0 Å². The molecule has 1 aliphatic heterocycles. The molecule has 0 radical (unpaired) electrons. The Morgan fingerprint density at radius 2 is 2.06 bits per heavy atom. The number of aromatic nitrogens is 3. The molecule has 4 rings (SSSR count). The van der Waals surface area contributed by atoms with E-state index in [1.54, 1.807) is 22.3 Å². The van der Waals surface area contributed by atoms with Crippen LogP contribution in [0.15, 0.2) is 35.4 Å². The molecule has 1 N–H and O–H groups in total. The fourth-order valence-electron chi connectivity index (χ4n) is 4.19. The number of likely N-dealkylation sites (tertiary alicyclic amines) is 1. The number of carbonyl (C=O) groups is 1. The smallest absolute Gasteiger partial charge is 0.435 e. The van der Waals surface area contributed by atoms with Gasteiger partial charge in [-0.25, -0.2) is 4.98 Å². The van der Waals surface area contributed by atoms with Crippen LogP contribution in [0.4, 0.5) is 13.2 Å². The van der Waals surface area contributed by atoms with E-state index in [9.17, 15) is 23.1 Å². The summed E-state index contributed by atoms with van der Waals surface area (Å²) in [7, 11) is 0. The van der Waals surface area contributed by atoms with Crippen LogP contribution < -0.4 is 0 Å². The molecule has 1 atom stereocenters. The van der Waals surface area contributed by atoms with Crippen molar-refractivity contribution in [1.82, 2.24) is 19.7 Å². The van der Waals surface area contributed by atoms with Gasteiger partial charge in [-0.1, -0.05) is 13.0 Å². The molecular weight excluding hydrogens is 441 g/mol. The van der Waals surface area contributed by atoms with Gasteiger partial charge in [-0.05, 0) is 44.4 Å². The average molecular weight is 467 g/mol. The van der Waals surface area contributed by atoms with Crippen LogP contribution in [0.3, 0.4) is 0 Å². The lowest BCUT2D eigenvalue weighted by atomic mass is 9.81. The van der Waals surface area contributed by atoms with Gasteiger partial charge in [-0.2, -0.15) is 18.3 Å². The number of aryl methyl sites for hydroxylation is 1. The minimum absolute atomic E-state index is 0.199. The summed E-state index contributed by atoms with van der Waals surface area (Å²) in [6.45, 7) is 4.43. The Kier molecular flexibility index (Phi) is 5.91. The normalized spacial score (nSPS) is 22.3. The number of allylic oxidation sites excluding steroid dienone is 3. The van der Waals surface area contributed by atoms with Crippen molar-refractivity contribution >= 4 is 17.2 Å². The Hall–Kier alpha value is -2.62. The number of carbonyl (C=O) groups excluding carboxylic acids is 1. The van der Waals surface area contributed by atoms with E-state index in [1.165, 1.54) is 6.92 Å². The van der Waals surface area contributed by atoms with Gasteiger partial charge in [0, 0.05) is 35.5 Å². The van der Waals surface area contributed by atoms with Gasteiger partial charge in [0.15, 0.2) is 5.69 Å². The predicted molar refractivity (Wildman–Crippen MR) is 114 cm³/mol. The molecule has 2 aromatic heterocycles. The number of halogens is 3. The fraction of sp³-hybridized carbons (Fsp3) is 0.500. The molecule has 1 aliphatic carbocycles. The molecule has 32 heavy (non-hydrogen) atoms. The summed E-state index contributed by atoms with van der Waals surface area (Å²) in [6, 6.07) is 0.955. The maximum Gasteiger partial charge on any atom is 0.435 e. The zero-order valence-electron chi connectivity index (χ0n) is 17.9. The molecule has 0 saturated carbocycles. The minimum atomic E-state index is -4.52. The third-order valence-corrected chi connectivity index (χ3v) is 7.16. The van der Waals surface area contributed by atoms with Crippen molar-refractivity contribution in [3.05, 3.63) is 57.5 Å². The molecule has 172 valence electrons. The first kappa shape index (κ1) is 22.6. The Morgan fingerprint density at radius 1 is 1.34 bits per heavy atom. The summed E-state index contributed by atoms with van der Waals surface area (Å²) in [5.74, 6) is 0.251. The van der Waals surface area contributed by atoms with Crippen LogP contribution in [-0.2, 0) is 22.9 Å². The summed E-state index contributed by atoms with van der Waals surface area (Å²) in [6.07, 6.45) is 3.21. The molecule has 0 spiro atoms. The SMILES string of the molecule is Cc1cc(C(F)(F)F)nn1CC(=O)N1CCC(c2nc(C3(C)C=C(O)C=CC3)cs2)CC1. The predicted octanol–water partition coefficient (Wildman–Crippen LogP) is 4.73. The van der Waals surface area contributed by atoms with Crippen molar-refractivity contribution in [3.8, 4) is 0 Å². The number of amides is 1. The fourth-order valence-corrected chi connectivity index (χ4v) is 5.32. The first-order chi connectivity index (χ1) is 15.0. The van der Waals surface area contributed by atoms with Gasteiger partial charge >= 0.3 is 6.18 Å². The number of hydrogen-bond acceptors (Lipinski definition) is 5. The molecule has 0 aromatic carbocycles. The molecule has 1 saturated heterocycles. The number of nitrogens with zero attached hydrogens (tertiary/aromatic N) is 4. The Labute approximate surface area is 188 Å². The highest BCUT2D eigenvalue weighted by Gasteiger charge is 2.35. The third-order valence-electron chi connectivity index (χ3n) is 6.16. The van der Waals surface area contributed by atoms with Gasteiger partial charge in [-0.15, -0.1) is 11.3 Å². The summed E-state index contributed by atoms with van der Waals surface area (Å²) in [5.41, 5.74) is -0.0730. The van der Waals surface area contributed by atoms with E-state index in [2.05, 4.69) is 5.10 Å². The number of hydrogen-bond donors (Lipinski definition) is 1. The van der Waals surface area contributed by atoms with Crippen molar-refractivity contribution in [2.24, 2.45) is 0 Å². The number of aliphatic hydroxyl groups is 1. The van der Waals surface area contributed by atoms with E-state index in [1.807, 2.05) is 24.5 Å². The average Bonchev–Trinajstić information content (AvgIpc) is 3.36. The molecule has 0 bridgehead atoms. The van der Waals surface area contributed by atoms with E-state index >= 15 is 0 Å². The van der Waals surface area contributed by atoms with Crippen LogP contribution in [-0.4, -0.2) is 43.8 Å². The first-order valence-corrected chi connectivity index (χ1v) is 11.4. The minimum Gasteiger partial charge on any atom is -0.508 e. The second kappa shape index (κ2) is 8.38. The zero-order valence-corrected chi connectivity index (χ0v) is 18.7. The summed E-state index contributed by atoms with van der Waals surface area (Å²) in [4.78, 5) is 19.2. The molecule has 2 aromatic rings. The molecule has 6 nitrogen and oxygen atoms in total. The molecule has 10 heteroatoms. The van der Waals surface area contributed by atoms with E-state index in [0.717, 1.165) is 40.7 Å². The topological polar surface area (TPSA) is 71.2 Å². The van der Waals surface area contributed by atoms with Crippen LogP contribution in [0.5, 0.6) is 0 Å². The van der Waals surface area contributed by atoms with Crippen molar-refractivity contribution in [3.63, 3.8) is 0 Å². The van der Waals surface area contributed by atoms with Crippen LogP contribution in [0.1, 0.15) is 54.2 Å². The number of thiazole rings is 1. The van der Waals surface area contributed by atoms with Crippen molar-refractivity contribution in [1.29, 1.82) is 0 Å². The Balaban J connectivity index is 1.36. The van der Waals surface area contributed by atoms with Crippen LogP contribution in [0, 0.1) is 6.92 Å². The molecule has 1 amide bonds. The maximum absolute atomic E-state index is 12.8. The lowest BCUT2D eigenvalue weighted by molar-refractivity contribution is -0.142. The number of aliphatic hydroxyl groups excluding tert-OH is 1. The van der Waals surface area contributed by atoms with Crippen molar-refractivity contribution in [2.45, 2.75) is 57.2 Å². The van der Waals surface area contributed by atoms with Gasteiger partial charge in [0.2, 0.25) is 5.91 Å². The van der Waals surface area contributed by atoms with Crippen LogP contribution in [0.25, 0.3) is 0 Å². The Morgan fingerprint density at radius 3 is 2.69 bits per heavy atom. The summed E-state index contributed by atoms with van der Waals surface area (Å²) < 4.78 is 39.7. The molecule has 1 unspecified atom stereocenters. The second-order valence-electron chi connectivity index (χ2n) is 8.65. The lowest BCUT2D eigenvalue weighted by Gasteiger charge is -2.31. The molecule has 1 fully saturated rings. The number of rotatable bonds is 4. The zero-order chi connectivity index (χ0) is 23.1. The molecule has 2 aliphatic rings. The second-order valence-corrected chi connectivity index (χ2v) is 9.54. The lowest BCUT2D eigenvalue weighted by Crippen LogP contribution is -2.40. The van der Waals surface area contributed by atoms with Crippen LogP contribution in [0.2, 0.25) is 0 Å². The van der Waals surface area contributed by atoms with E-state index in [4.69, 9.17) is 4.98 Å². The van der Waals surface area contributed by atoms with Crippen molar-refractivity contribution < 1.29 is 23.1 Å². The quantitative estimate of drug-likeness (QED) is 0.707. The Bertz CT molecular complexity index is 1060. The first-order valence-electron chi connectivity index (χ1n) is 10.5. The highest BCUT2D eigenvalue weighted by atomic mass is 32.1. The van der Waals surface area contributed by atoms with Gasteiger partial charge in [0.1, 0.15) is 12.3 Å². The number of piperidine rings is 1. The largest absolute Gasteiger partial charge is 0.508 e. The summed E-state index contributed by atoms with van der Waals surface area (Å²) >= 11 is 1.60. The third kappa shape index (κ3) is 4.60. The van der Waals surface area contributed by atoms with Gasteiger partial charge in [-0.3, -0.25) is 9.48 Å². The maximum atomic E-state index is 12.8. The highest BCUT2D eigenvalue weighted by molar-refractivity contribution is 7.09. The highest BCUT2D eigenvalue weighted by Crippen LogP contribution is 2.37. The molecule has 3 heterocycles. The standard InChI is InChI=1S/C22H25F3N4O2S/c1-14-10-17(22(23,24)25)27-29(14)12-19(31)28-8-5-15(6-9-28)20-26-18(13-32-20)21(2)7-3-4-16(30)11-21/h3-4,10-11,13,15,30H,5-9,12H2,1-2H3. The van der Waals surface area contributed by atoms with E-state index < -0.39 is 11.9 Å². The van der Waals surface area contributed by atoms with E-state index in [0.29, 0.717) is 18.8 Å². The van der Waals surface area contributed by atoms with Gasteiger partial charge in [0.05, 0.1) is 10.7 Å². The van der Waals surface area contributed by atoms with E-state index in [-0.39, 0.29) is 29.5 Å². The van der Waals surface area contributed by atoms with Gasteiger partial charge in [0.25, 0.3) is 0 Å². The number of alkyl halides is 3. The summed E-state index contributed by atoms with van der Waals surface area (Å²) in [5, 5.41) is 16.5. The van der Waals surface area contributed by atoms with Crippen LogP contribution >= 0.6 is 11.3 Å². The monoisotopic (exact) mass is 466 g/mol. The molecular formula is C22H25F3N4O2S.